The van der Waals surface area contributed by atoms with E-state index in [-0.39, 0.29) is 17.6 Å². The Balaban J connectivity index is 1.41. The molecule has 1 atom stereocenters. The molecule has 0 aromatic carbocycles. The second-order valence-corrected chi connectivity index (χ2v) is 6.45. The van der Waals surface area contributed by atoms with Crippen LogP contribution in [0.5, 0.6) is 0 Å². The fourth-order valence-corrected chi connectivity index (χ4v) is 3.16. The Hall–Kier alpha value is -2.38. The number of aryl methyl sites for hydroxylation is 2. The minimum absolute atomic E-state index is 0.0370. The predicted octanol–water partition coefficient (Wildman–Crippen LogP) is 0.317. The molecule has 2 aromatic heterocycles. The van der Waals surface area contributed by atoms with Crippen LogP contribution in [0, 0.1) is 0 Å². The molecule has 23 heavy (non-hydrogen) atoms. The molecule has 1 fully saturated rings. The third-order valence-electron chi connectivity index (χ3n) is 4.69. The van der Waals surface area contributed by atoms with Gasteiger partial charge in [0.2, 0.25) is 0 Å². The zero-order chi connectivity index (χ0) is 16.0. The van der Waals surface area contributed by atoms with E-state index in [1.54, 1.807) is 11.6 Å². The summed E-state index contributed by atoms with van der Waals surface area (Å²) in [7, 11) is 1.66. The van der Waals surface area contributed by atoms with Crippen LogP contribution in [0.1, 0.15) is 53.6 Å². The van der Waals surface area contributed by atoms with Crippen molar-refractivity contribution >= 4 is 5.91 Å². The number of H-pyrrole nitrogens is 1. The second kappa shape index (κ2) is 5.36. The van der Waals surface area contributed by atoms with E-state index in [0.717, 1.165) is 24.4 Å². The van der Waals surface area contributed by atoms with E-state index in [1.807, 2.05) is 6.07 Å². The van der Waals surface area contributed by atoms with Crippen LogP contribution in [0.2, 0.25) is 0 Å². The first-order valence-corrected chi connectivity index (χ1v) is 8.10. The first kappa shape index (κ1) is 14.2. The molecule has 1 unspecified atom stereocenters. The molecule has 8 heteroatoms. The van der Waals surface area contributed by atoms with E-state index in [1.165, 1.54) is 17.5 Å². The zero-order valence-electron chi connectivity index (χ0n) is 13.1. The highest BCUT2D eigenvalue weighted by atomic mass is 16.2. The Kier molecular flexibility index (Phi) is 3.32. The van der Waals surface area contributed by atoms with Crippen molar-refractivity contribution < 1.29 is 4.79 Å². The summed E-state index contributed by atoms with van der Waals surface area (Å²) in [6.45, 7) is 0.584. The Bertz CT molecular complexity index is 797. The van der Waals surface area contributed by atoms with E-state index in [4.69, 9.17) is 0 Å². The fraction of sp³-hybridized carbons (Fsp3) is 0.600. The molecular formula is C15H20N6O2. The lowest BCUT2D eigenvalue weighted by molar-refractivity contribution is 0.0927. The number of rotatable bonds is 3. The van der Waals surface area contributed by atoms with Crippen LogP contribution in [0.15, 0.2) is 10.9 Å². The Labute approximate surface area is 132 Å². The second-order valence-electron chi connectivity index (χ2n) is 6.45. The largest absolute Gasteiger partial charge is 0.348 e. The monoisotopic (exact) mass is 316 g/mol. The van der Waals surface area contributed by atoms with Gasteiger partial charge in [0, 0.05) is 37.7 Å². The van der Waals surface area contributed by atoms with Crippen LogP contribution >= 0.6 is 0 Å². The van der Waals surface area contributed by atoms with E-state index in [0.29, 0.717) is 24.6 Å². The normalized spacial score (nSPS) is 20.8. The summed E-state index contributed by atoms with van der Waals surface area (Å²) in [4.78, 5) is 24.3. The van der Waals surface area contributed by atoms with E-state index >= 15 is 0 Å². The SMILES string of the molecule is Cn1nc2n(c1=O)CCC(NC(=O)c1cc(C3CC3)[nH]n1)CC2. The summed E-state index contributed by atoms with van der Waals surface area (Å²) < 4.78 is 3.07. The Morgan fingerprint density at radius 3 is 2.96 bits per heavy atom. The van der Waals surface area contributed by atoms with Crippen LogP contribution in [0.4, 0.5) is 0 Å². The molecule has 2 aliphatic rings. The lowest BCUT2D eigenvalue weighted by Crippen LogP contribution is -2.36. The van der Waals surface area contributed by atoms with Crippen molar-refractivity contribution in [3.63, 3.8) is 0 Å². The summed E-state index contributed by atoms with van der Waals surface area (Å²) >= 11 is 0. The van der Waals surface area contributed by atoms with Crippen molar-refractivity contribution in [2.75, 3.05) is 0 Å². The van der Waals surface area contributed by atoms with E-state index < -0.39 is 0 Å². The Morgan fingerprint density at radius 1 is 1.35 bits per heavy atom. The van der Waals surface area contributed by atoms with Gasteiger partial charge in [-0.05, 0) is 31.7 Å². The Morgan fingerprint density at radius 2 is 2.17 bits per heavy atom. The summed E-state index contributed by atoms with van der Waals surface area (Å²) in [5.41, 5.74) is 1.41. The van der Waals surface area contributed by atoms with Gasteiger partial charge in [0.15, 0.2) is 0 Å². The number of hydrogen-bond donors (Lipinski definition) is 2. The molecule has 0 bridgehead atoms. The minimum Gasteiger partial charge on any atom is -0.348 e. The molecule has 122 valence electrons. The van der Waals surface area contributed by atoms with Gasteiger partial charge in [-0.25, -0.2) is 9.48 Å². The average molecular weight is 316 g/mol. The van der Waals surface area contributed by atoms with E-state index in [9.17, 15) is 9.59 Å². The maximum absolute atomic E-state index is 12.3. The molecule has 0 radical (unpaired) electrons. The summed E-state index contributed by atoms with van der Waals surface area (Å²) in [5, 5.41) is 14.4. The van der Waals surface area contributed by atoms with Gasteiger partial charge in [0.05, 0.1) is 0 Å². The number of aromatic amines is 1. The number of hydrogen-bond acceptors (Lipinski definition) is 4. The molecular weight excluding hydrogens is 296 g/mol. The van der Waals surface area contributed by atoms with E-state index in [2.05, 4.69) is 20.6 Å². The van der Waals surface area contributed by atoms with Crippen LogP contribution in [0.25, 0.3) is 0 Å². The summed E-state index contributed by atoms with van der Waals surface area (Å²) in [6.07, 6.45) is 4.54. The van der Waals surface area contributed by atoms with Gasteiger partial charge in [-0.2, -0.15) is 10.2 Å². The highest BCUT2D eigenvalue weighted by Crippen LogP contribution is 2.38. The lowest BCUT2D eigenvalue weighted by Gasteiger charge is -2.14. The number of amides is 1. The molecule has 1 aliphatic carbocycles. The molecule has 2 aromatic rings. The van der Waals surface area contributed by atoms with Gasteiger partial charge < -0.3 is 5.32 Å². The zero-order valence-corrected chi connectivity index (χ0v) is 13.1. The smallest absolute Gasteiger partial charge is 0.345 e. The molecule has 0 saturated heterocycles. The van der Waals surface area contributed by atoms with Gasteiger partial charge in [-0.1, -0.05) is 0 Å². The van der Waals surface area contributed by atoms with Gasteiger partial charge in [-0.3, -0.25) is 14.5 Å². The van der Waals surface area contributed by atoms with Crippen molar-refractivity contribution in [2.24, 2.45) is 7.05 Å². The van der Waals surface area contributed by atoms with Crippen LogP contribution in [0.3, 0.4) is 0 Å². The van der Waals surface area contributed by atoms with Gasteiger partial charge >= 0.3 is 5.69 Å². The molecule has 8 nitrogen and oxygen atoms in total. The highest BCUT2D eigenvalue weighted by Gasteiger charge is 2.27. The standard InChI is InChI=1S/C15H20N6O2/c1-20-15(23)21-7-6-10(4-5-13(21)19-20)16-14(22)12-8-11(17-18-12)9-2-3-9/h8-10H,2-7H2,1H3,(H,16,22)(H,17,18). The van der Waals surface area contributed by atoms with Crippen molar-refractivity contribution in [1.82, 2.24) is 29.9 Å². The lowest BCUT2D eigenvalue weighted by atomic mass is 10.1. The van der Waals surface area contributed by atoms with Crippen molar-refractivity contribution in [2.45, 2.75) is 50.6 Å². The van der Waals surface area contributed by atoms with Crippen molar-refractivity contribution in [1.29, 1.82) is 0 Å². The van der Waals surface area contributed by atoms with Crippen LogP contribution < -0.4 is 11.0 Å². The number of carbonyl (C=O) groups is 1. The molecule has 0 spiro atoms. The predicted molar refractivity (Wildman–Crippen MR) is 82.2 cm³/mol. The average Bonchev–Trinajstić information content (AvgIpc) is 3.24. The van der Waals surface area contributed by atoms with Crippen LogP contribution in [-0.4, -0.2) is 36.5 Å². The number of nitrogens with one attached hydrogen (secondary N) is 2. The van der Waals surface area contributed by atoms with Crippen LogP contribution in [-0.2, 0) is 20.0 Å². The number of nitrogens with zero attached hydrogens (tertiary/aromatic N) is 4. The molecule has 1 saturated carbocycles. The van der Waals surface area contributed by atoms with Crippen molar-refractivity contribution in [3.05, 3.63) is 33.8 Å². The van der Waals surface area contributed by atoms with Gasteiger partial charge in [0.25, 0.3) is 5.91 Å². The van der Waals surface area contributed by atoms with Crippen molar-refractivity contribution in [3.8, 4) is 0 Å². The van der Waals surface area contributed by atoms with Gasteiger partial charge in [0.1, 0.15) is 11.5 Å². The number of carbonyl (C=O) groups excluding carboxylic acids is 1. The highest BCUT2D eigenvalue weighted by molar-refractivity contribution is 5.92. The molecule has 1 aliphatic heterocycles. The number of aromatic nitrogens is 5. The quantitative estimate of drug-likeness (QED) is 0.852. The molecule has 3 heterocycles. The fourth-order valence-electron chi connectivity index (χ4n) is 3.16. The van der Waals surface area contributed by atoms with Gasteiger partial charge in [-0.15, -0.1) is 0 Å². The third-order valence-corrected chi connectivity index (χ3v) is 4.69. The first-order valence-electron chi connectivity index (χ1n) is 8.10. The minimum atomic E-state index is -0.148. The summed E-state index contributed by atoms with van der Waals surface area (Å²) in [5.74, 6) is 1.20. The maximum atomic E-state index is 12.3. The first-order chi connectivity index (χ1) is 11.1. The maximum Gasteiger partial charge on any atom is 0.345 e. The topological polar surface area (TPSA) is 97.6 Å². The summed E-state index contributed by atoms with van der Waals surface area (Å²) in [6, 6.07) is 1.89. The third kappa shape index (κ3) is 2.69. The molecule has 2 N–H and O–H groups in total. The molecule has 4 rings (SSSR count). The molecule has 1 amide bonds. The number of fused-ring (bicyclic) bond motifs is 1.